The Morgan fingerprint density at radius 3 is 3.17 bits per heavy atom. The van der Waals surface area contributed by atoms with Crippen molar-refractivity contribution in [1.29, 1.82) is 0 Å². The monoisotopic (exact) mass is 269 g/mol. The topological polar surface area (TPSA) is 77.2 Å². The molecule has 1 aromatic heterocycles. The molecule has 0 bridgehead atoms. The van der Waals surface area contributed by atoms with E-state index in [2.05, 4.69) is 10.3 Å². The van der Waals surface area contributed by atoms with Gasteiger partial charge in [-0.25, -0.2) is 9.37 Å². The Bertz CT molecular complexity index is 558. The van der Waals surface area contributed by atoms with Gasteiger partial charge in [0.05, 0.1) is 16.8 Å². The van der Waals surface area contributed by atoms with Gasteiger partial charge in [-0.1, -0.05) is 11.3 Å². The normalized spacial score (nSPS) is 10.7. The Labute approximate surface area is 107 Å². The second-order valence-electron chi connectivity index (χ2n) is 3.58. The van der Waals surface area contributed by atoms with Crippen LogP contribution in [0, 0.1) is 5.82 Å². The number of anilines is 1. The zero-order valence-corrected chi connectivity index (χ0v) is 10.3. The van der Waals surface area contributed by atoms with Crippen LogP contribution in [0.1, 0.15) is 0 Å². The highest BCUT2D eigenvalue weighted by atomic mass is 32.1. The van der Waals surface area contributed by atoms with Crippen molar-refractivity contribution in [1.82, 2.24) is 4.98 Å². The number of hydrogen-bond donors (Lipinski definition) is 2. The standard InChI is InChI=1S/C11H12FN3O2S/c12-7-1-2-9-8(5-7)15-11(18-9)14-3-4-17-6-10(13)16/h1-2,5H,3-4,6H2,(H2,13,16)(H,14,15). The van der Waals surface area contributed by atoms with Crippen molar-refractivity contribution in [3.05, 3.63) is 24.0 Å². The Morgan fingerprint density at radius 2 is 2.39 bits per heavy atom. The van der Waals surface area contributed by atoms with E-state index in [1.807, 2.05) is 0 Å². The molecular formula is C11H12FN3O2S. The summed E-state index contributed by atoms with van der Waals surface area (Å²) in [5.74, 6) is -0.797. The van der Waals surface area contributed by atoms with Gasteiger partial charge in [-0.15, -0.1) is 0 Å². The van der Waals surface area contributed by atoms with E-state index in [0.717, 1.165) is 4.70 Å². The number of aromatic nitrogens is 1. The van der Waals surface area contributed by atoms with Crippen molar-refractivity contribution in [3.8, 4) is 0 Å². The van der Waals surface area contributed by atoms with Crippen LogP contribution in [0.25, 0.3) is 10.2 Å². The molecule has 3 N–H and O–H groups in total. The number of hydrogen-bond acceptors (Lipinski definition) is 5. The number of primary amides is 1. The molecule has 96 valence electrons. The van der Waals surface area contributed by atoms with Gasteiger partial charge in [0.15, 0.2) is 5.13 Å². The Hall–Kier alpha value is -1.73. The van der Waals surface area contributed by atoms with Crippen LogP contribution < -0.4 is 11.1 Å². The van der Waals surface area contributed by atoms with E-state index < -0.39 is 5.91 Å². The van der Waals surface area contributed by atoms with Gasteiger partial charge in [0.2, 0.25) is 5.91 Å². The second kappa shape index (κ2) is 5.74. The number of carbonyl (C=O) groups is 1. The number of nitrogens with zero attached hydrogens (tertiary/aromatic N) is 1. The number of thiazole rings is 1. The van der Waals surface area contributed by atoms with E-state index >= 15 is 0 Å². The number of nitrogens with two attached hydrogens (primary N) is 1. The molecule has 0 radical (unpaired) electrons. The summed E-state index contributed by atoms with van der Waals surface area (Å²) in [6, 6.07) is 4.48. The maximum atomic E-state index is 13.0. The smallest absolute Gasteiger partial charge is 0.243 e. The highest BCUT2D eigenvalue weighted by Crippen LogP contribution is 2.25. The van der Waals surface area contributed by atoms with Gasteiger partial charge in [-0.05, 0) is 12.1 Å². The van der Waals surface area contributed by atoms with Crippen LogP contribution in [0.2, 0.25) is 0 Å². The molecule has 0 atom stereocenters. The Kier molecular flexibility index (Phi) is 4.06. The summed E-state index contributed by atoms with van der Waals surface area (Å²) >= 11 is 1.43. The summed E-state index contributed by atoms with van der Waals surface area (Å²) in [6.07, 6.45) is 0. The summed E-state index contributed by atoms with van der Waals surface area (Å²) in [5, 5.41) is 3.73. The van der Waals surface area contributed by atoms with Gasteiger partial charge >= 0.3 is 0 Å². The molecule has 0 saturated heterocycles. The maximum Gasteiger partial charge on any atom is 0.243 e. The van der Waals surface area contributed by atoms with Crippen molar-refractivity contribution in [2.24, 2.45) is 5.73 Å². The fourth-order valence-electron chi connectivity index (χ4n) is 1.38. The quantitative estimate of drug-likeness (QED) is 0.776. The molecule has 1 amide bonds. The third-order valence-corrected chi connectivity index (χ3v) is 3.11. The summed E-state index contributed by atoms with van der Waals surface area (Å²) in [7, 11) is 0. The number of nitrogens with one attached hydrogen (secondary N) is 1. The first kappa shape index (κ1) is 12.7. The minimum Gasteiger partial charge on any atom is -0.370 e. The van der Waals surface area contributed by atoms with E-state index in [9.17, 15) is 9.18 Å². The third-order valence-electron chi connectivity index (χ3n) is 2.12. The highest BCUT2D eigenvalue weighted by Gasteiger charge is 2.04. The number of ether oxygens (including phenoxy) is 1. The number of fused-ring (bicyclic) bond motifs is 1. The molecule has 0 fully saturated rings. The Morgan fingerprint density at radius 1 is 1.56 bits per heavy atom. The van der Waals surface area contributed by atoms with Gasteiger partial charge < -0.3 is 15.8 Å². The molecule has 1 heterocycles. The largest absolute Gasteiger partial charge is 0.370 e. The average molecular weight is 269 g/mol. The molecule has 2 aromatic rings. The SMILES string of the molecule is NC(=O)COCCNc1nc2cc(F)ccc2s1. The van der Waals surface area contributed by atoms with Crippen molar-refractivity contribution in [2.45, 2.75) is 0 Å². The zero-order chi connectivity index (χ0) is 13.0. The first-order valence-corrected chi connectivity index (χ1v) is 6.13. The average Bonchev–Trinajstić information content (AvgIpc) is 2.70. The van der Waals surface area contributed by atoms with Crippen molar-refractivity contribution in [3.63, 3.8) is 0 Å². The summed E-state index contributed by atoms with van der Waals surface area (Å²) in [6.45, 7) is 0.773. The van der Waals surface area contributed by atoms with E-state index in [1.54, 1.807) is 6.07 Å². The van der Waals surface area contributed by atoms with Crippen molar-refractivity contribution >= 4 is 32.6 Å². The van der Waals surface area contributed by atoms with Crippen molar-refractivity contribution in [2.75, 3.05) is 25.1 Å². The number of rotatable bonds is 6. The maximum absolute atomic E-state index is 13.0. The van der Waals surface area contributed by atoms with Gasteiger partial charge in [0, 0.05) is 12.6 Å². The van der Waals surface area contributed by atoms with E-state index in [0.29, 0.717) is 23.8 Å². The van der Waals surface area contributed by atoms with Gasteiger partial charge in [0.25, 0.3) is 0 Å². The fourth-order valence-corrected chi connectivity index (χ4v) is 2.25. The van der Waals surface area contributed by atoms with Crippen LogP contribution >= 0.6 is 11.3 Å². The van der Waals surface area contributed by atoms with E-state index in [-0.39, 0.29) is 12.4 Å². The van der Waals surface area contributed by atoms with Gasteiger partial charge in [0.1, 0.15) is 12.4 Å². The predicted octanol–water partition coefficient (Wildman–Crippen LogP) is 1.35. The molecule has 2 rings (SSSR count). The lowest BCUT2D eigenvalue weighted by molar-refractivity contribution is -0.122. The number of benzene rings is 1. The Balaban J connectivity index is 1.86. The van der Waals surface area contributed by atoms with Crippen LogP contribution in [0.4, 0.5) is 9.52 Å². The molecule has 0 aliphatic heterocycles. The summed E-state index contributed by atoms with van der Waals surface area (Å²) < 4.78 is 18.9. The molecule has 1 aromatic carbocycles. The fraction of sp³-hybridized carbons (Fsp3) is 0.273. The zero-order valence-electron chi connectivity index (χ0n) is 9.48. The molecular weight excluding hydrogens is 257 g/mol. The molecule has 0 aliphatic carbocycles. The number of carbonyl (C=O) groups excluding carboxylic acids is 1. The minimum atomic E-state index is -0.495. The highest BCUT2D eigenvalue weighted by molar-refractivity contribution is 7.22. The summed E-state index contributed by atoms with van der Waals surface area (Å²) in [4.78, 5) is 14.6. The lowest BCUT2D eigenvalue weighted by Crippen LogP contribution is -2.20. The van der Waals surface area contributed by atoms with Crippen LogP contribution in [0.3, 0.4) is 0 Å². The minimum absolute atomic E-state index is 0.0905. The summed E-state index contributed by atoms with van der Waals surface area (Å²) in [5.41, 5.74) is 5.55. The van der Waals surface area contributed by atoms with Gasteiger partial charge in [-0.3, -0.25) is 4.79 Å². The molecule has 0 unspecified atom stereocenters. The predicted molar refractivity (Wildman–Crippen MR) is 68.1 cm³/mol. The third kappa shape index (κ3) is 3.38. The number of amides is 1. The second-order valence-corrected chi connectivity index (χ2v) is 4.61. The molecule has 0 aliphatic rings. The van der Waals surface area contributed by atoms with Crippen LogP contribution in [-0.4, -0.2) is 30.6 Å². The first-order valence-electron chi connectivity index (χ1n) is 5.31. The molecule has 18 heavy (non-hydrogen) atoms. The van der Waals surface area contributed by atoms with Crippen LogP contribution in [-0.2, 0) is 9.53 Å². The first-order chi connectivity index (χ1) is 8.65. The van der Waals surface area contributed by atoms with E-state index in [1.165, 1.54) is 23.5 Å². The molecule has 5 nitrogen and oxygen atoms in total. The van der Waals surface area contributed by atoms with Crippen LogP contribution in [0.15, 0.2) is 18.2 Å². The van der Waals surface area contributed by atoms with Crippen LogP contribution in [0.5, 0.6) is 0 Å². The molecule has 0 spiro atoms. The lowest BCUT2D eigenvalue weighted by Gasteiger charge is -2.02. The number of halogens is 1. The van der Waals surface area contributed by atoms with Crippen molar-refractivity contribution < 1.29 is 13.9 Å². The lowest BCUT2D eigenvalue weighted by atomic mass is 10.3. The van der Waals surface area contributed by atoms with Gasteiger partial charge in [-0.2, -0.15) is 0 Å². The molecule has 0 saturated carbocycles. The van der Waals surface area contributed by atoms with E-state index in [4.69, 9.17) is 10.5 Å². The molecule has 7 heteroatoms.